The number of para-hydroxylation sites is 1. The van der Waals surface area contributed by atoms with Gasteiger partial charge in [-0.05, 0) is 39.8 Å². The second kappa shape index (κ2) is 7.73. The monoisotopic (exact) mass is 336 g/mol. The van der Waals surface area contributed by atoms with Crippen LogP contribution in [0.15, 0.2) is 41.6 Å². The van der Waals surface area contributed by atoms with E-state index in [2.05, 4.69) is 5.32 Å². The summed E-state index contributed by atoms with van der Waals surface area (Å²) < 4.78 is 10.3. The lowest BCUT2D eigenvalue weighted by molar-refractivity contribution is -0.149. The molecule has 0 heterocycles. The van der Waals surface area contributed by atoms with E-state index in [4.69, 9.17) is 27.4 Å². The Morgan fingerprint density at radius 3 is 2.22 bits per heavy atom. The van der Waals surface area contributed by atoms with Gasteiger partial charge in [0.15, 0.2) is 0 Å². The van der Waals surface area contributed by atoms with Crippen LogP contribution in [0, 0.1) is 0 Å². The smallest absolute Gasteiger partial charge is 0.417 e. The number of amides is 1. The van der Waals surface area contributed by atoms with Gasteiger partial charge in [0.05, 0.1) is 0 Å². The third-order valence-corrected chi connectivity index (χ3v) is 2.70. The molecular weight excluding hydrogens is 316 g/mol. The molecule has 0 fully saturated rings. The molecule has 0 aliphatic heterocycles. The molecular formula is C16H20N2O4S. The highest BCUT2D eigenvalue weighted by Crippen LogP contribution is 2.14. The molecule has 0 bridgehead atoms. The standard InChI is InChI=1S/C16H20N2O4S/c1-10(17)12(14(19)22-16(2,3)4)13(23)18-15(20)21-11-8-6-5-7-9-11/h5-9H,17H2,1-4H3,(H,18,20,23)/b12-10-. The van der Waals surface area contributed by atoms with Crippen molar-refractivity contribution in [2.45, 2.75) is 33.3 Å². The van der Waals surface area contributed by atoms with Gasteiger partial charge in [-0.25, -0.2) is 9.59 Å². The SMILES string of the molecule is C/C(N)=C(/C(=O)OC(C)(C)C)C(=S)NC(=O)Oc1ccccc1. The minimum absolute atomic E-state index is 0.0695. The molecule has 23 heavy (non-hydrogen) atoms. The van der Waals surface area contributed by atoms with E-state index < -0.39 is 17.7 Å². The Hall–Kier alpha value is -2.41. The van der Waals surface area contributed by atoms with Crippen LogP contribution in [-0.4, -0.2) is 22.7 Å². The quantitative estimate of drug-likeness (QED) is 0.501. The molecule has 1 aromatic carbocycles. The molecule has 0 saturated heterocycles. The minimum atomic E-state index is -0.816. The lowest BCUT2D eigenvalue weighted by atomic mass is 10.1. The second-order valence-corrected chi connectivity index (χ2v) is 6.12. The predicted octanol–water partition coefficient (Wildman–Crippen LogP) is 2.68. The van der Waals surface area contributed by atoms with Gasteiger partial charge in [-0.2, -0.15) is 0 Å². The Morgan fingerprint density at radius 2 is 1.74 bits per heavy atom. The number of rotatable bonds is 3. The Labute approximate surface area is 140 Å². The van der Waals surface area contributed by atoms with Gasteiger partial charge in [-0.1, -0.05) is 30.4 Å². The van der Waals surface area contributed by atoms with Gasteiger partial charge in [0.25, 0.3) is 0 Å². The minimum Gasteiger partial charge on any atom is -0.456 e. The van der Waals surface area contributed by atoms with Crippen LogP contribution in [0.25, 0.3) is 0 Å². The number of nitrogens with two attached hydrogens (primary N) is 1. The number of benzene rings is 1. The van der Waals surface area contributed by atoms with Crippen molar-refractivity contribution >= 4 is 29.3 Å². The van der Waals surface area contributed by atoms with E-state index in [-0.39, 0.29) is 16.3 Å². The number of thiocarbonyl (C=S) groups is 1. The van der Waals surface area contributed by atoms with Gasteiger partial charge in [0, 0.05) is 5.70 Å². The molecule has 0 atom stereocenters. The summed E-state index contributed by atoms with van der Waals surface area (Å²) in [6, 6.07) is 8.45. The topological polar surface area (TPSA) is 90.7 Å². The molecule has 1 rings (SSSR count). The van der Waals surface area contributed by atoms with Crippen LogP contribution in [-0.2, 0) is 9.53 Å². The highest BCUT2D eigenvalue weighted by atomic mass is 32.1. The number of allylic oxidation sites excluding steroid dienone is 1. The average molecular weight is 336 g/mol. The Balaban J connectivity index is 2.78. The van der Waals surface area contributed by atoms with Crippen molar-refractivity contribution in [2.75, 3.05) is 0 Å². The predicted molar refractivity (Wildman–Crippen MR) is 90.9 cm³/mol. The molecule has 6 nitrogen and oxygen atoms in total. The number of esters is 1. The molecule has 124 valence electrons. The van der Waals surface area contributed by atoms with E-state index in [0.29, 0.717) is 5.75 Å². The number of hydrogen-bond donors (Lipinski definition) is 2. The van der Waals surface area contributed by atoms with Crippen LogP contribution in [0.2, 0.25) is 0 Å². The Bertz CT molecular complexity index is 629. The molecule has 0 aliphatic rings. The molecule has 0 saturated carbocycles. The van der Waals surface area contributed by atoms with Crippen LogP contribution >= 0.6 is 12.2 Å². The zero-order valence-electron chi connectivity index (χ0n) is 13.5. The maximum Gasteiger partial charge on any atom is 0.417 e. The van der Waals surface area contributed by atoms with E-state index in [1.54, 1.807) is 51.1 Å². The zero-order valence-corrected chi connectivity index (χ0v) is 14.3. The van der Waals surface area contributed by atoms with Crippen molar-refractivity contribution in [3.05, 3.63) is 41.6 Å². The average Bonchev–Trinajstić information content (AvgIpc) is 2.36. The van der Waals surface area contributed by atoms with Gasteiger partial charge in [-0.3, -0.25) is 5.32 Å². The summed E-state index contributed by atoms with van der Waals surface area (Å²) in [4.78, 5) is 23.8. The van der Waals surface area contributed by atoms with Crippen LogP contribution < -0.4 is 15.8 Å². The highest BCUT2D eigenvalue weighted by molar-refractivity contribution is 7.80. The lowest BCUT2D eigenvalue weighted by Gasteiger charge is -2.21. The first kappa shape index (κ1) is 18.6. The Morgan fingerprint density at radius 1 is 1.17 bits per heavy atom. The van der Waals surface area contributed by atoms with E-state index >= 15 is 0 Å². The van der Waals surface area contributed by atoms with Crippen molar-refractivity contribution in [1.29, 1.82) is 0 Å². The summed E-state index contributed by atoms with van der Waals surface area (Å²) in [5.74, 6) is -0.359. The maximum atomic E-state index is 12.1. The Kier molecular flexibility index (Phi) is 6.27. The molecule has 0 radical (unpaired) electrons. The molecule has 1 amide bonds. The van der Waals surface area contributed by atoms with Crippen molar-refractivity contribution in [2.24, 2.45) is 5.73 Å². The van der Waals surface area contributed by atoms with Crippen LogP contribution in [0.4, 0.5) is 4.79 Å². The fourth-order valence-corrected chi connectivity index (χ4v) is 1.87. The highest BCUT2D eigenvalue weighted by Gasteiger charge is 2.25. The summed E-state index contributed by atoms with van der Waals surface area (Å²) in [6.45, 7) is 6.65. The van der Waals surface area contributed by atoms with Gasteiger partial charge in [0.2, 0.25) is 0 Å². The van der Waals surface area contributed by atoms with Gasteiger partial charge in [0.1, 0.15) is 21.9 Å². The van der Waals surface area contributed by atoms with Crippen molar-refractivity contribution in [3.63, 3.8) is 0 Å². The first-order valence-corrected chi connectivity index (χ1v) is 7.29. The largest absolute Gasteiger partial charge is 0.456 e. The summed E-state index contributed by atoms with van der Waals surface area (Å²) in [5, 5.41) is 2.31. The van der Waals surface area contributed by atoms with E-state index in [1.165, 1.54) is 6.92 Å². The number of hydrogen-bond acceptors (Lipinski definition) is 6. The van der Waals surface area contributed by atoms with Crippen LogP contribution in [0.5, 0.6) is 5.75 Å². The van der Waals surface area contributed by atoms with Crippen molar-refractivity contribution in [1.82, 2.24) is 5.32 Å². The van der Waals surface area contributed by atoms with Crippen LogP contribution in [0.3, 0.4) is 0 Å². The molecule has 3 N–H and O–H groups in total. The second-order valence-electron chi connectivity index (χ2n) is 5.72. The van der Waals surface area contributed by atoms with Gasteiger partial charge < -0.3 is 15.2 Å². The zero-order chi connectivity index (χ0) is 17.6. The van der Waals surface area contributed by atoms with Gasteiger partial charge in [-0.15, -0.1) is 0 Å². The molecule has 0 unspecified atom stereocenters. The van der Waals surface area contributed by atoms with Crippen molar-refractivity contribution in [3.8, 4) is 5.75 Å². The first-order chi connectivity index (χ1) is 10.6. The third-order valence-electron chi connectivity index (χ3n) is 2.39. The summed E-state index contributed by atoms with van der Waals surface area (Å²) >= 11 is 5.06. The molecule has 1 aromatic rings. The molecule has 0 aliphatic carbocycles. The normalized spacial score (nSPS) is 12.0. The summed E-state index contributed by atoms with van der Waals surface area (Å²) in [5.41, 5.74) is 5.05. The number of carbonyl (C=O) groups excluding carboxylic acids is 2. The summed E-state index contributed by atoms with van der Waals surface area (Å²) in [6.07, 6.45) is -0.816. The molecule has 0 spiro atoms. The lowest BCUT2D eigenvalue weighted by Crippen LogP contribution is -2.37. The van der Waals surface area contributed by atoms with Crippen molar-refractivity contribution < 1.29 is 19.1 Å². The van der Waals surface area contributed by atoms with Gasteiger partial charge >= 0.3 is 12.1 Å². The molecule has 0 aromatic heterocycles. The first-order valence-electron chi connectivity index (χ1n) is 6.88. The van der Waals surface area contributed by atoms with E-state index in [0.717, 1.165) is 0 Å². The van der Waals surface area contributed by atoms with E-state index in [9.17, 15) is 9.59 Å². The third kappa shape index (κ3) is 6.48. The maximum absolute atomic E-state index is 12.1. The molecule has 7 heteroatoms. The van der Waals surface area contributed by atoms with Crippen LogP contribution in [0.1, 0.15) is 27.7 Å². The fourth-order valence-electron chi connectivity index (χ4n) is 1.54. The number of nitrogens with one attached hydrogen (secondary N) is 1. The summed E-state index contributed by atoms with van der Waals surface area (Å²) in [7, 11) is 0. The fraction of sp³-hybridized carbons (Fsp3) is 0.312. The van der Waals surface area contributed by atoms with E-state index in [1.807, 2.05) is 0 Å². The number of carbonyl (C=O) groups is 2. The number of ether oxygens (including phenoxy) is 2.